The Morgan fingerprint density at radius 3 is 2.42 bits per heavy atom. The van der Waals surface area contributed by atoms with Gasteiger partial charge in [-0.1, -0.05) is 90.1 Å². The maximum absolute atomic E-state index is 13.1. The van der Waals surface area contributed by atoms with Gasteiger partial charge in [0, 0.05) is 10.7 Å². The molecule has 0 aromatic heterocycles. The number of benzene rings is 3. The number of aryl methyl sites for hydroxylation is 1. The number of carbonyl (C=O) groups is 2. The number of halogens is 1. The molecule has 0 radical (unpaired) electrons. The summed E-state index contributed by atoms with van der Waals surface area (Å²) < 4.78 is 5.41. The first-order valence-electron chi connectivity index (χ1n) is 11.5. The lowest BCUT2D eigenvalue weighted by Crippen LogP contribution is -2.31. The molecule has 0 unspecified atom stereocenters. The molecule has 0 fully saturated rings. The number of aliphatic imine (C=N–C) groups is 1. The van der Waals surface area contributed by atoms with E-state index in [0.29, 0.717) is 27.1 Å². The Morgan fingerprint density at radius 1 is 1.06 bits per heavy atom. The number of ether oxygens (including phenoxy) is 1. The van der Waals surface area contributed by atoms with Crippen molar-refractivity contribution in [1.82, 2.24) is 5.32 Å². The molecule has 0 bridgehead atoms. The summed E-state index contributed by atoms with van der Waals surface area (Å²) in [6.45, 7) is 3.93. The van der Waals surface area contributed by atoms with E-state index in [1.807, 2.05) is 79.7 Å². The van der Waals surface area contributed by atoms with Gasteiger partial charge in [-0.15, -0.1) is 0 Å². The Hall–Kier alpha value is -3.55. The van der Waals surface area contributed by atoms with E-state index < -0.39 is 12.0 Å². The summed E-state index contributed by atoms with van der Waals surface area (Å²) in [4.78, 5) is 30.6. The van der Waals surface area contributed by atoms with Gasteiger partial charge >= 0.3 is 5.97 Å². The first-order valence-corrected chi connectivity index (χ1v) is 12.9. The van der Waals surface area contributed by atoms with Crippen molar-refractivity contribution in [1.29, 1.82) is 0 Å². The maximum Gasteiger partial charge on any atom is 0.338 e. The molecule has 8 heteroatoms. The monoisotopic (exact) mass is 519 g/mol. The lowest BCUT2D eigenvalue weighted by Gasteiger charge is -2.27. The summed E-state index contributed by atoms with van der Waals surface area (Å²) in [5.41, 5.74) is 4.30. The fraction of sp³-hybridized carbons (Fsp3) is 0.179. The van der Waals surface area contributed by atoms with Crippen LogP contribution in [0.5, 0.6) is 0 Å². The number of amidine groups is 1. The lowest BCUT2D eigenvalue weighted by molar-refractivity contribution is -0.138. The Labute approximate surface area is 219 Å². The summed E-state index contributed by atoms with van der Waals surface area (Å²) in [6, 6.07) is 24.0. The minimum atomic E-state index is -0.580. The van der Waals surface area contributed by atoms with Crippen molar-refractivity contribution in [3.8, 4) is 0 Å². The number of nitrogens with zero attached hydrogens (tertiary/aromatic N) is 1. The van der Waals surface area contributed by atoms with Crippen molar-refractivity contribution in [2.45, 2.75) is 19.9 Å². The molecule has 6 nitrogen and oxygen atoms in total. The molecule has 184 valence electrons. The number of esters is 1. The molecular formula is C28H26ClN3O3S. The second-order valence-electron chi connectivity index (χ2n) is 8.05. The summed E-state index contributed by atoms with van der Waals surface area (Å²) in [5, 5.41) is 7.28. The maximum atomic E-state index is 13.1. The van der Waals surface area contributed by atoms with E-state index in [2.05, 4.69) is 10.6 Å². The first kappa shape index (κ1) is 25.5. The van der Waals surface area contributed by atoms with Gasteiger partial charge in [0.15, 0.2) is 5.17 Å². The van der Waals surface area contributed by atoms with E-state index >= 15 is 0 Å². The van der Waals surface area contributed by atoms with E-state index in [0.717, 1.165) is 16.7 Å². The van der Waals surface area contributed by atoms with Gasteiger partial charge in [-0.25, -0.2) is 9.79 Å². The first-order chi connectivity index (χ1) is 17.5. The van der Waals surface area contributed by atoms with Crippen LogP contribution >= 0.6 is 23.4 Å². The van der Waals surface area contributed by atoms with E-state index in [9.17, 15) is 9.59 Å². The molecule has 3 aromatic rings. The van der Waals surface area contributed by atoms with Crippen molar-refractivity contribution in [2.75, 3.05) is 17.7 Å². The van der Waals surface area contributed by atoms with Crippen molar-refractivity contribution < 1.29 is 14.3 Å². The Kier molecular flexibility index (Phi) is 8.46. The number of thioether (sulfide) groups is 1. The van der Waals surface area contributed by atoms with E-state index in [1.54, 1.807) is 13.0 Å². The number of hydrogen-bond donors (Lipinski definition) is 2. The molecule has 4 rings (SSSR count). The highest BCUT2D eigenvalue weighted by molar-refractivity contribution is 8.14. The van der Waals surface area contributed by atoms with Crippen LogP contribution in [0, 0.1) is 6.92 Å². The molecule has 2 N–H and O–H groups in total. The number of nitrogens with one attached hydrogen (secondary N) is 2. The van der Waals surface area contributed by atoms with Gasteiger partial charge in [0.2, 0.25) is 5.91 Å². The Balaban J connectivity index is 1.62. The van der Waals surface area contributed by atoms with Crippen LogP contribution in [0.3, 0.4) is 0 Å². The Bertz CT molecular complexity index is 1310. The van der Waals surface area contributed by atoms with Crippen LogP contribution in [0.4, 0.5) is 5.69 Å². The molecule has 3 aromatic carbocycles. The minimum absolute atomic E-state index is 0.121. The van der Waals surface area contributed by atoms with Gasteiger partial charge in [-0.3, -0.25) is 4.79 Å². The van der Waals surface area contributed by atoms with E-state index in [4.69, 9.17) is 21.3 Å². The van der Waals surface area contributed by atoms with Crippen LogP contribution in [0.15, 0.2) is 89.4 Å². The average molecular weight is 520 g/mol. The highest BCUT2D eigenvalue weighted by Gasteiger charge is 2.32. The van der Waals surface area contributed by atoms with Crippen LogP contribution in [0.2, 0.25) is 5.02 Å². The second kappa shape index (κ2) is 11.9. The number of hydrogen-bond acceptors (Lipinski definition) is 6. The molecular weight excluding hydrogens is 494 g/mol. The lowest BCUT2D eigenvalue weighted by atomic mass is 9.94. The molecule has 0 aliphatic carbocycles. The van der Waals surface area contributed by atoms with Crippen molar-refractivity contribution in [2.24, 2.45) is 4.99 Å². The molecule has 0 spiro atoms. The third-order valence-electron chi connectivity index (χ3n) is 5.49. The molecule has 1 aliphatic rings. The predicted octanol–water partition coefficient (Wildman–Crippen LogP) is 6.00. The number of anilines is 1. The third-order valence-corrected chi connectivity index (χ3v) is 6.78. The molecule has 36 heavy (non-hydrogen) atoms. The van der Waals surface area contributed by atoms with Gasteiger partial charge in [-0.2, -0.15) is 0 Å². The van der Waals surface area contributed by atoms with Crippen molar-refractivity contribution in [3.05, 3.63) is 106 Å². The van der Waals surface area contributed by atoms with Crippen LogP contribution in [-0.2, 0) is 14.3 Å². The number of amides is 1. The summed E-state index contributed by atoms with van der Waals surface area (Å²) in [6.07, 6.45) is 0. The number of carbonyl (C=O) groups excluding carboxylic acids is 2. The third kappa shape index (κ3) is 6.17. The van der Waals surface area contributed by atoms with Crippen LogP contribution in [0.1, 0.15) is 29.7 Å². The van der Waals surface area contributed by atoms with Crippen molar-refractivity contribution in [3.63, 3.8) is 0 Å². The van der Waals surface area contributed by atoms with E-state index in [1.165, 1.54) is 11.8 Å². The van der Waals surface area contributed by atoms with Gasteiger partial charge in [0.25, 0.3) is 0 Å². The fourth-order valence-corrected chi connectivity index (χ4v) is 4.61. The molecule has 1 heterocycles. The quantitative estimate of drug-likeness (QED) is 0.374. The minimum Gasteiger partial charge on any atom is -0.463 e. The molecule has 1 aliphatic heterocycles. The summed E-state index contributed by atoms with van der Waals surface area (Å²) in [7, 11) is 0. The standard InChI is InChI=1S/C28H26ClN3O3S/c1-3-35-27(34)24-25(19-10-6-4-7-11-19)31-28(32-26(24)20-12-8-5-9-13-20)36-17-23(33)30-21-15-14-18(2)22(29)16-21/h4-16,25H,3,17H2,1-2H3,(H,30,33)(H,31,32)/t25-/m0/s1. The zero-order valence-electron chi connectivity index (χ0n) is 20.0. The van der Waals surface area contributed by atoms with Gasteiger partial charge in [-0.05, 0) is 42.7 Å². The van der Waals surface area contributed by atoms with Gasteiger partial charge < -0.3 is 15.4 Å². The van der Waals surface area contributed by atoms with Crippen LogP contribution in [-0.4, -0.2) is 29.4 Å². The highest BCUT2D eigenvalue weighted by atomic mass is 35.5. The van der Waals surface area contributed by atoms with Crippen LogP contribution in [0.25, 0.3) is 5.70 Å². The van der Waals surface area contributed by atoms with E-state index in [-0.39, 0.29) is 18.3 Å². The average Bonchev–Trinajstić information content (AvgIpc) is 2.90. The fourth-order valence-electron chi connectivity index (χ4n) is 3.73. The zero-order valence-corrected chi connectivity index (χ0v) is 21.5. The normalized spacial score (nSPS) is 15.1. The number of rotatable bonds is 7. The molecule has 0 saturated heterocycles. The van der Waals surface area contributed by atoms with Crippen LogP contribution < -0.4 is 10.6 Å². The SMILES string of the molecule is CCOC(=O)C1=C(c2ccccc2)NC(SCC(=O)Nc2ccc(C)c(Cl)c2)=N[C@H]1c1ccccc1. The molecule has 1 atom stereocenters. The Morgan fingerprint density at radius 2 is 1.75 bits per heavy atom. The highest BCUT2D eigenvalue weighted by Crippen LogP contribution is 2.36. The predicted molar refractivity (Wildman–Crippen MR) is 147 cm³/mol. The summed E-state index contributed by atoms with van der Waals surface area (Å²) in [5.74, 6) is -0.503. The largest absolute Gasteiger partial charge is 0.463 e. The summed E-state index contributed by atoms with van der Waals surface area (Å²) >= 11 is 7.44. The smallest absolute Gasteiger partial charge is 0.338 e. The van der Waals surface area contributed by atoms with Gasteiger partial charge in [0.05, 0.1) is 23.6 Å². The zero-order chi connectivity index (χ0) is 25.5. The molecule has 0 saturated carbocycles. The van der Waals surface area contributed by atoms with Crippen molar-refractivity contribution >= 4 is 51.8 Å². The second-order valence-corrected chi connectivity index (χ2v) is 9.42. The topological polar surface area (TPSA) is 79.8 Å². The molecule has 1 amide bonds. The van der Waals surface area contributed by atoms with Gasteiger partial charge in [0.1, 0.15) is 6.04 Å².